The molecule has 1 N–H and O–H groups in total. The fourth-order valence-corrected chi connectivity index (χ4v) is 3.79. The van der Waals surface area contributed by atoms with Crippen LogP contribution in [-0.2, 0) is 16.7 Å². The minimum atomic E-state index is -3.18. The predicted molar refractivity (Wildman–Crippen MR) is 92.6 cm³/mol. The summed E-state index contributed by atoms with van der Waals surface area (Å²) in [5.41, 5.74) is 1.18. The van der Waals surface area contributed by atoms with Crippen LogP contribution in [0.3, 0.4) is 0 Å². The van der Waals surface area contributed by atoms with E-state index in [1.54, 1.807) is 22.8 Å². The van der Waals surface area contributed by atoms with Crippen LogP contribution in [0.2, 0.25) is 5.02 Å². The second-order valence-electron chi connectivity index (χ2n) is 6.26. The second kappa shape index (κ2) is 6.87. The zero-order valence-electron chi connectivity index (χ0n) is 13.4. The molecule has 132 valence electrons. The van der Waals surface area contributed by atoms with Gasteiger partial charge in [0.05, 0.1) is 18.4 Å². The summed E-state index contributed by atoms with van der Waals surface area (Å²) in [4.78, 5) is 14.2. The molecule has 1 aliphatic rings. The second-order valence-corrected chi connectivity index (χ2v) is 8.52. The molecule has 0 radical (unpaired) electrons. The molecule has 1 atom stereocenters. The van der Waals surface area contributed by atoms with Crippen LogP contribution in [-0.4, -0.2) is 43.8 Å². The predicted octanol–water partition coefficient (Wildman–Crippen LogP) is 1.47. The molecule has 0 unspecified atom stereocenters. The standard InChI is InChI=1S/C15H20ClN3O4S/c1-24(21,22)17-8-11-3-2-6-18(9-11)10-19-13-5-4-12(16)7-14(13)23-15(19)20/h4-5,7,11,17H,2-3,6,8-10H2,1H3/t11-/m1/s1. The minimum absolute atomic E-state index is 0.233. The summed E-state index contributed by atoms with van der Waals surface area (Å²) in [6, 6.07) is 5.13. The third-order valence-electron chi connectivity index (χ3n) is 4.21. The molecule has 7 nitrogen and oxygen atoms in total. The van der Waals surface area contributed by atoms with Crippen LogP contribution in [0.5, 0.6) is 0 Å². The summed E-state index contributed by atoms with van der Waals surface area (Å²) in [6.45, 7) is 2.44. The van der Waals surface area contributed by atoms with Crippen molar-refractivity contribution in [2.45, 2.75) is 19.5 Å². The van der Waals surface area contributed by atoms with Crippen molar-refractivity contribution in [1.82, 2.24) is 14.2 Å². The van der Waals surface area contributed by atoms with Crippen LogP contribution >= 0.6 is 11.6 Å². The molecular formula is C15H20ClN3O4S. The van der Waals surface area contributed by atoms with Gasteiger partial charge in [-0.3, -0.25) is 9.47 Å². The molecule has 24 heavy (non-hydrogen) atoms. The van der Waals surface area contributed by atoms with Crippen molar-refractivity contribution in [3.05, 3.63) is 33.8 Å². The number of piperidine rings is 1. The van der Waals surface area contributed by atoms with Gasteiger partial charge in [-0.25, -0.2) is 17.9 Å². The van der Waals surface area contributed by atoms with Gasteiger partial charge in [0, 0.05) is 24.2 Å². The average molecular weight is 374 g/mol. The molecule has 1 fully saturated rings. The zero-order valence-corrected chi connectivity index (χ0v) is 14.9. The van der Waals surface area contributed by atoms with E-state index in [1.165, 1.54) is 0 Å². The summed E-state index contributed by atoms with van der Waals surface area (Å²) < 4.78 is 31.9. The molecule has 2 aromatic rings. The minimum Gasteiger partial charge on any atom is -0.408 e. The molecule has 1 aromatic heterocycles. The van der Waals surface area contributed by atoms with Crippen LogP contribution in [0, 0.1) is 5.92 Å². The molecular weight excluding hydrogens is 354 g/mol. The number of oxazole rings is 1. The summed E-state index contributed by atoms with van der Waals surface area (Å²) >= 11 is 5.93. The summed E-state index contributed by atoms with van der Waals surface area (Å²) in [5.74, 6) is -0.180. The number of likely N-dealkylation sites (tertiary alicyclic amines) is 1. The van der Waals surface area contributed by atoms with Crippen molar-refractivity contribution >= 4 is 32.7 Å². The van der Waals surface area contributed by atoms with E-state index in [0.717, 1.165) is 32.2 Å². The molecule has 1 saturated heterocycles. The number of sulfonamides is 1. The molecule has 3 rings (SSSR count). The van der Waals surface area contributed by atoms with E-state index in [2.05, 4.69) is 9.62 Å². The Labute approximate surface area is 145 Å². The Morgan fingerprint density at radius 1 is 1.42 bits per heavy atom. The number of fused-ring (bicyclic) bond motifs is 1. The Hall–Kier alpha value is -1.35. The summed E-state index contributed by atoms with van der Waals surface area (Å²) in [6.07, 6.45) is 3.10. The first-order valence-corrected chi connectivity index (χ1v) is 10.0. The number of nitrogens with one attached hydrogen (secondary N) is 1. The maximum Gasteiger partial charge on any atom is 0.421 e. The third kappa shape index (κ3) is 4.18. The number of benzene rings is 1. The van der Waals surface area contributed by atoms with E-state index < -0.39 is 15.8 Å². The summed E-state index contributed by atoms with van der Waals surface area (Å²) in [5, 5.41) is 0.522. The topological polar surface area (TPSA) is 84.5 Å². The van der Waals surface area contributed by atoms with Crippen molar-refractivity contribution in [2.24, 2.45) is 5.92 Å². The lowest BCUT2D eigenvalue weighted by Gasteiger charge is -2.32. The number of aromatic nitrogens is 1. The monoisotopic (exact) mass is 373 g/mol. The van der Waals surface area contributed by atoms with Crippen LogP contribution in [0.25, 0.3) is 11.1 Å². The van der Waals surface area contributed by atoms with Crippen LogP contribution in [0.4, 0.5) is 0 Å². The highest BCUT2D eigenvalue weighted by Crippen LogP contribution is 2.21. The highest BCUT2D eigenvalue weighted by Gasteiger charge is 2.22. The number of rotatable bonds is 5. The Balaban J connectivity index is 1.72. The largest absolute Gasteiger partial charge is 0.421 e. The molecule has 1 aliphatic heterocycles. The van der Waals surface area contributed by atoms with E-state index in [-0.39, 0.29) is 5.92 Å². The lowest BCUT2D eigenvalue weighted by atomic mass is 9.99. The normalized spacial score (nSPS) is 19.8. The van der Waals surface area contributed by atoms with Gasteiger partial charge in [0.25, 0.3) is 0 Å². The Bertz CT molecular complexity index is 890. The number of halogens is 1. The first-order valence-electron chi connectivity index (χ1n) is 7.78. The number of hydrogen-bond acceptors (Lipinski definition) is 5. The van der Waals surface area contributed by atoms with Gasteiger partial charge in [0.1, 0.15) is 0 Å². The zero-order chi connectivity index (χ0) is 17.3. The van der Waals surface area contributed by atoms with Gasteiger partial charge < -0.3 is 4.42 Å². The molecule has 2 heterocycles. The SMILES string of the molecule is CS(=O)(=O)NC[C@H]1CCCN(Cn2c(=O)oc3cc(Cl)ccc32)C1. The molecule has 0 saturated carbocycles. The van der Waals surface area contributed by atoms with E-state index in [0.29, 0.717) is 29.3 Å². The van der Waals surface area contributed by atoms with Crippen molar-refractivity contribution in [1.29, 1.82) is 0 Å². The van der Waals surface area contributed by atoms with Crippen molar-refractivity contribution in [3.8, 4) is 0 Å². The van der Waals surface area contributed by atoms with E-state index in [1.807, 2.05) is 0 Å². The lowest BCUT2D eigenvalue weighted by molar-refractivity contribution is 0.138. The Morgan fingerprint density at radius 3 is 2.96 bits per heavy atom. The van der Waals surface area contributed by atoms with Crippen LogP contribution < -0.4 is 10.5 Å². The van der Waals surface area contributed by atoms with Gasteiger partial charge in [-0.15, -0.1) is 0 Å². The fourth-order valence-electron chi connectivity index (χ4n) is 3.09. The van der Waals surface area contributed by atoms with Crippen molar-refractivity contribution < 1.29 is 12.8 Å². The van der Waals surface area contributed by atoms with Crippen LogP contribution in [0.1, 0.15) is 12.8 Å². The fraction of sp³-hybridized carbons (Fsp3) is 0.533. The lowest BCUT2D eigenvalue weighted by Crippen LogP contribution is -2.42. The van der Waals surface area contributed by atoms with Gasteiger partial charge >= 0.3 is 5.76 Å². The highest BCUT2D eigenvalue weighted by molar-refractivity contribution is 7.88. The highest BCUT2D eigenvalue weighted by atomic mass is 35.5. The maximum absolute atomic E-state index is 12.1. The number of nitrogens with zero attached hydrogens (tertiary/aromatic N) is 2. The average Bonchev–Trinajstić information content (AvgIpc) is 2.80. The molecule has 0 bridgehead atoms. The van der Waals surface area contributed by atoms with E-state index in [9.17, 15) is 13.2 Å². The third-order valence-corrected chi connectivity index (χ3v) is 5.14. The van der Waals surface area contributed by atoms with Crippen molar-refractivity contribution in [2.75, 3.05) is 25.9 Å². The van der Waals surface area contributed by atoms with Gasteiger partial charge in [-0.05, 0) is 37.4 Å². The molecule has 0 amide bonds. The van der Waals surface area contributed by atoms with Gasteiger partial charge in [0.2, 0.25) is 10.0 Å². The first-order chi connectivity index (χ1) is 11.3. The molecule has 1 aromatic carbocycles. The first kappa shape index (κ1) is 17.5. The maximum atomic E-state index is 12.1. The number of hydrogen-bond donors (Lipinski definition) is 1. The van der Waals surface area contributed by atoms with Crippen LogP contribution in [0.15, 0.2) is 27.4 Å². The Morgan fingerprint density at radius 2 is 2.21 bits per heavy atom. The quantitative estimate of drug-likeness (QED) is 0.857. The molecule has 0 aliphatic carbocycles. The van der Waals surface area contributed by atoms with Crippen molar-refractivity contribution in [3.63, 3.8) is 0 Å². The molecule has 9 heteroatoms. The smallest absolute Gasteiger partial charge is 0.408 e. The van der Waals surface area contributed by atoms with Gasteiger partial charge in [-0.2, -0.15) is 0 Å². The van der Waals surface area contributed by atoms with Gasteiger partial charge in [0.15, 0.2) is 5.58 Å². The summed E-state index contributed by atoms with van der Waals surface area (Å²) in [7, 11) is -3.18. The van der Waals surface area contributed by atoms with E-state index in [4.69, 9.17) is 16.0 Å². The Kier molecular flexibility index (Phi) is 5.00. The van der Waals surface area contributed by atoms with E-state index >= 15 is 0 Å². The van der Waals surface area contributed by atoms with Gasteiger partial charge in [-0.1, -0.05) is 11.6 Å². The molecule has 0 spiro atoms.